The topological polar surface area (TPSA) is 66.9 Å². The van der Waals surface area contributed by atoms with Gasteiger partial charge in [0.25, 0.3) is 10.2 Å². The first-order valence-corrected chi connectivity index (χ1v) is 8.74. The van der Waals surface area contributed by atoms with Crippen LogP contribution in [0.4, 0.5) is 0 Å². The molecule has 0 saturated carbocycles. The Morgan fingerprint density at radius 2 is 1.65 bits per heavy atom. The fourth-order valence-electron chi connectivity index (χ4n) is 3.10. The molecule has 0 aromatic heterocycles. The highest BCUT2D eigenvalue weighted by atomic mass is 32.2. The van der Waals surface area contributed by atoms with Crippen molar-refractivity contribution in [2.45, 2.75) is 57.5 Å². The third-order valence-corrected chi connectivity index (χ3v) is 6.43. The van der Waals surface area contributed by atoms with Gasteiger partial charge in [-0.05, 0) is 39.0 Å². The molecule has 0 aliphatic carbocycles. The zero-order valence-corrected chi connectivity index (χ0v) is 13.1. The number of carbonyl (C=O) groups is 1. The molecule has 1 unspecified atom stereocenters. The van der Waals surface area contributed by atoms with E-state index in [0.29, 0.717) is 19.5 Å². The summed E-state index contributed by atoms with van der Waals surface area (Å²) in [6.07, 6.45) is 5.05. The minimum atomic E-state index is -3.57. The lowest BCUT2D eigenvalue weighted by atomic mass is 10.1. The van der Waals surface area contributed by atoms with Crippen LogP contribution in [0.2, 0.25) is 0 Å². The molecule has 2 atom stereocenters. The molecule has 0 bridgehead atoms. The molecule has 20 heavy (non-hydrogen) atoms. The van der Waals surface area contributed by atoms with Gasteiger partial charge in [-0.15, -0.1) is 0 Å². The lowest BCUT2D eigenvalue weighted by Crippen LogP contribution is -2.56. The van der Waals surface area contributed by atoms with E-state index in [1.54, 1.807) is 4.31 Å². The first-order valence-electron chi connectivity index (χ1n) is 7.35. The van der Waals surface area contributed by atoms with Gasteiger partial charge in [-0.1, -0.05) is 6.42 Å². The summed E-state index contributed by atoms with van der Waals surface area (Å²) in [5.74, 6) is -0.446. The highest BCUT2D eigenvalue weighted by Crippen LogP contribution is 2.27. The molecule has 6 nitrogen and oxygen atoms in total. The second-order valence-corrected chi connectivity index (χ2v) is 7.44. The second-order valence-electron chi connectivity index (χ2n) is 5.61. The van der Waals surface area contributed by atoms with Gasteiger partial charge >= 0.3 is 5.97 Å². The van der Waals surface area contributed by atoms with Crippen LogP contribution in [0.3, 0.4) is 0 Å². The highest BCUT2D eigenvalue weighted by molar-refractivity contribution is 7.86. The second kappa shape index (κ2) is 6.41. The van der Waals surface area contributed by atoms with Crippen LogP contribution >= 0.6 is 0 Å². The maximum Gasteiger partial charge on any atom is 0.324 e. The van der Waals surface area contributed by atoms with Gasteiger partial charge in [0.2, 0.25) is 0 Å². The van der Waals surface area contributed by atoms with Crippen molar-refractivity contribution < 1.29 is 17.9 Å². The molecule has 2 aliphatic rings. The van der Waals surface area contributed by atoms with Gasteiger partial charge in [0.1, 0.15) is 6.04 Å². The summed E-state index contributed by atoms with van der Waals surface area (Å²) in [5.41, 5.74) is 0. The number of ether oxygens (including phenoxy) is 1. The molecule has 2 saturated heterocycles. The zero-order valence-electron chi connectivity index (χ0n) is 12.2. The largest absolute Gasteiger partial charge is 0.468 e. The molecule has 0 amide bonds. The van der Waals surface area contributed by atoms with Crippen LogP contribution in [0, 0.1) is 0 Å². The standard InChI is InChI=1S/C13H24N2O4S/c1-11-7-3-5-9-14(11)20(17,18)15-10-6-4-8-12(15)13(16)19-2/h11-12H,3-10H2,1-2H3/t11?,12-/m1/s1. The Bertz CT molecular complexity index is 451. The third-order valence-electron chi connectivity index (χ3n) is 4.26. The minimum Gasteiger partial charge on any atom is -0.468 e. The number of hydrogen-bond acceptors (Lipinski definition) is 4. The summed E-state index contributed by atoms with van der Waals surface area (Å²) in [6, 6.07) is -0.651. The number of carbonyl (C=O) groups excluding carboxylic acids is 1. The molecular weight excluding hydrogens is 280 g/mol. The van der Waals surface area contributed by atoms with Crippen molar-refractivity contribution in [2.75, 3.05) is 20.2 Å². The Morgan fingerprint density at radius 1 is 1.05 bits per heavy atom. The number of hydrogen-bond donors (Lipinski definition) is 0. The smallest absolute Gasteiger partial charge is 0.324 e. The summed E-state index contributed by atoms with van der Waals surface area (Å²) >= 11 is 0. The summed E-state index contributed by atoms with van der Waals surface area (Å²) in [7, 11) is -2.26. The van der Waals surface area contributed by atoms with E-state index in [4.69, 9.17) is 4.74 Å². The number of esters is 1. The number of nitrogens with zero attached hydrogens (tertiary/aromatic N) is 2. The van der Waals surface area contributed by atoms with Gasteiger partial charge in [0.05, 0.1) is 7.11 Å². The number of piperidine rings is 2. The van der Waals surface area contributed by atoms with Crippen LogP contribution in [0.1, 0.15) is 45.4 Å². The Morgan fingerprint density at radius 3 is 2.25 bits per heavy atom. The van der Waals surface area contributed by atoms with E-state index in [2.05, 4.69) is 0 Å². The van der Waals surface area contributed by atoms with Crippen molar-refractivity contribution in [1.29, 1.82) is 0 Å². The summed E-state index contributed by atoms with van der Waals surface area (Å²) in [4.78, 5) is 11.8. The van der Waals surface area contributed by atoms with Crippen molar-refractivity contribution in [3.05, 3.63) is 0 Å². The predicted molar refractivity (Wildman–Crippen MR) is 75.3 cm³/mol. The van der Waals surface area contributed by atoms with Crippen LogP contribution in [0.25, 0.3) is 0 Å². The van der Waals surface area contributed by atoms with Crippen LogP contribution in [-0.2, 0) is 19.7 Å². The van der Waals surface area contributed by atoms with Crippen molar-refractivity contribution in [3.63, 3.8) is 0 Å². The molecule has 0 N–H and O–H groups in total. The number of rotatable bonds is 3. The average Bonchev–Trinajstić information content (AvgIpc) is 2.46. The van der Waals surface area contributed by atoms with E-state index in [-0.39, 0.29) is 6.04 Å². The van der Waals surface area contributed by atoms with Crippen molar-refractivity contribution in [3.8, 4) is 0 Å². The lowest BCUT2D eigenvalue weighted by molar-refractivity contribution is -0.146. The quantitative estimate of drug-likeness (QED) is 0.733. The molecule has 2 heterocycles. The molecule has 2 aliphatic heterocycles. The molecule has 2 rings (SSSR count). The maximum absolute atomic E-state index is 12.8. The van der Waals surface area contributed by atoms with Gasteiger partial charge in [-0.3, -0.25) is 4.79 Å². The van der Waals surface area contributed by atoms with E-state index in [9.17, 15) is 13.2 Å². The SMILES string of the molecule is COC(=O)[C@H]1CCCCN1S(=O)(=O)N1CCCCC1C. The molecule has 7 heteroatoms. The predicted octanol–water partition coefficient (Wildman–Crippen LogP) is 1.13. The van der Waals surface area contributed by atoms with Gasteiger partial charge in [-0.25, -0.2) is 0 Å². The van der Waals surface area contributed by atoms with E-state index in [1.807, 2.05) is 6.92 Å². The van der Waals surface area contributed by atoms with E-state index >= 15 is 0 Å². The molecule has 116 valence electrons. The highest BCUT2D eigenvalue weighted by Gasteiger charge is 2.42. The Kier molecular flexibility index (Phi) is 5.04. The van der Waals surface area contributed by atoms with Crippen molar-refractivity contribution in [2.24, 2.45) is 0 Å². The molecule has 0 spiro atoms. The van der Waals surface area contributed by atoms with E-state index in [0.717, 1.165) is 32.1 Å². The molecule has 0 aromatic carbocycles. The van der Waals surface area contributed by atoms with E-state index in [1.165, 1.54) is 11.4 Å². The Labute approximate surface area is 121 Å². The van der Waals surface area contributed by atoms with Crippen molar-refractivity contribution >= 4 is 16.2 Å². The third kappa shape index (κ3) is 2.99. The Hall–Kier alpha value is -0.660. The maximum atomic E-state index is 12.8. The summed E-state index contributed by atoms with van der Waals surface area (Å²) in [5, 5.41) is 0. The minimum absolute atomic E-state index is 0.00831. The van der Waals surface area contributed by atoms with Gasteiger partial charge in [-0.2, -0.15) is 17.0 Å². The fraction of sp³-hybridized carbons (Fsp3) is 0.923. The summed E-state index contributed by atoms with van der Waals surface area (Å²) < 4.78 is 33.3. The van der Waals surface area contributed by atoms with Gasteiger partial charge < -0.3 is 4.74 Å². The number of methoxy groups -OCH3 is 1. The Balaban J connectivity index is 2.23. The first-order chi connectivity index (χ1) is 9.48. The van der Waals surface area contributed by atoms with Crippen LogP contribution in [0.5, 0.6) is 0 Å². The first kappa shape index (κ1) is 15.7. The summed E-state index contributed by atoms with van der Waals surface area (Å²) in [6.45, 7) is 2.90. The zero-order chi connectivity index (χ0) is 14.8. The normalized spacial score (nSPS) is 30.1. The van der Waals surface area contributed by atoms with Crippen LogP contribution < -0.4 is 0 Å². The van der Waals surface area contributed by atoms with Gasteiger partial charge in [0, 0.05) is 19.1 Å². The van der Waals surface area contributed by atoms with Crippen molar-refractivity contribution in [1.82, 2.24) is 8.61 Å². The lowest BCUT2D eigenvalue weighted by Gasteiger charge is -2.40. The van der Waals surface area contributed by atoms with Gasteiger partial charge in [0.15, 0.2) is 0 Å². The fourth-order valence-corrected chi connectivity index (χ4v) is 5.16. The molecule has 0 aromatic rings. The van der Waals surface area contributed by atoms with Crippen LogP contribution in [0.15, 0.2) is 0 Å². The molecule has 0 radical (unpaired) electrons. The average molecular weight is 304 g/mol. The van der Waals surface area contributed by atoms with Crippen LogP contribution in [-0.4, -0.2) is 55.3 Å². The molecular formula is C13H24N2O4S. The van der Waals surface area contributed by atoms with E-state index < -0.39 is 22.2 Å². The monoisotopic (exact) mass is 304 g/mol. The molecule has 2 fully saturated rings.